The van der Waals surface area contributed by atoms with Gasteiger partial charge in [-0.2, -0.15) is 16.7 Å². The summed E-state index contributed by atoms with van der Waals surface area (Å²) in [5.41, 5.74) is 9.67. The number of primary amides is 2. The summed E-state index contributed by atoms with van der Waals surface area (Å²) in [7, 11) is 0. The number of urea groups is 2. The van der Waals surface area contributed by atoms with Crippen LogP contribution in [0.2, 0.25) is 0 Å². The first-order chi connectivity index (χ1) is 9.76. The Balaban J connectivity index is 3.76. The summed E-state index contributed by atoms with van der Waals surface area (Å²) in [5.74, 6) is 6.39. The van der Waals surface area contributed by atoms with E-state index >= 15 is 0 Å². The molecule has 112 valence electrons. The molecule has 0 atom stereocenters. The molecule has 0 aromatic carbocycles. The summed E-state index contributed by atoms with van der Waals surface area (Å²) >= 11 is 0. The van der Waals surface area contributed by atoms with Crippen molar-refractivity contribution in [3.63, 3.8) is 0 Å². The van der Waals surface area contributed by atoms with E-state index in [1.807, 2.05) is 0 Å². The number of aromatic nitrogens is 2. The molecule has 8 N–H and O–H groups in total. The highest BCUT2D eigenvalue weighted by Crippen LogP contribution is 2.30. The molecule has 0 aliphatic carbocycles. The third-order valence-electron chi connectivity index (χ3n) is 2.10. The summed E-state index contributed by atoms with van der Waals surface area (Å²) < 4.78 is -0.365. The number of nitroso groups, excluding NO2 is 2. The van der Waals surface area contributed by atoms with E-state index in [1.165, 1.54) is 0 Å². The van der Waals surface area contributed by atoms with Crippen molar-refractivity contribution in [2.75, 3.05) is 10.0 Å². The molecule has 0 radical (unpaired) electrons. The Kier molecular flexibility index (Phi) is 4.21. The van der Waals surface area contributed by atoms with Gasteiger partial charge in [0.05, 0.1) is 0 Å². The number of carbonyl (C=O) groups is 2. The second kappa shape index (κ2) is 5.67. The Hall–Kier alpha value is -3.46. The van der Waals surface area contributed by atoms with Crippen molar-refractivity contribution in [3.8, 4) is 0 Å². The van der Waals surface area contributed by atoms with Crippen LogP contribution in [0.3, 0.4) is 0 Å². The Labute approximate surface area is 114 Å². The van der Waals surface area contributed by atoms with Gasteiger partial charge in [0.25, 0.3) is 23.3 Å². The van der Waals surface area contributed by atoms with Gasteiger partial charge in [0.2, 0.25) is 0 Å². The number of hydrogen-bond acceptors (Lipinski definition) is 10. The van der Waals surface area contributed by atoms with Crippen LogP contribution in [-0.4, -0.2) is 17.0 Å². The number of hydrazine groups is 2. The van der Waals surface area contributed by atoms with Crippen LogP contribution in [0.4, 0.5) is 32.9 Å². The standard InChI is InChI=1S/C6H8N10O5/c7-5(17)14(9)3-1(12-19)11-2(13-20)4(16(3)21)15(10)6(8)18/h9-10H2,(H2,7,17)(H2,8,18). The van der Waals surface area contributed by atoms with Crippen molar-refractivity contribution in [1.29, 1.82) is 0 Å². The molecular formula is C6H8N10O5. The van der Waals surface area contributed by atoms with E-state index in [1.54, 1.807) is 0 Å². The second-order valence-corrected chi connectivity index (χ2v) is 3.30. The molecule has 0 saturated heterocycles. The predicted molar refractivity (Wildman–Crippen MR) is 66.6 cm³/mol. The Morgan fingerprint density at radius 2 is 1.33 bits per heavy atom. The van der Waals surface area contributed by atoms with Crippen LogP contribution in [0.5, 0.6) is 0 Å². The first kappa shape index (κ1) is 15.6. The Morgan fingerprint density at radius 1 is 1.00 bits per heavy atom. The zero-order valence-electron chi connectivity index (χ0n) is 10.0. The quantitative estimate of drug-likeness (QED) is 0.121. The number of amides is 4. The molecule has 4 amide bonds. The van der Waals surface area contributed by atoms with Crippen molar-refractivity contribution in [2.45, 2.75) is 0 Å². The van der Waals surface area contributed by atoms with Crippen molar-refractivity contribution >= 4 is 35.3 Å². The SMILES string of the molecule is NC(=O)N(N)c1c(N=O)nc(N=O)c(N(N)C(N)=O)[n+]1[O-]. The van der Waals surface area contributed by atoms with Gasteiger partial charge >= 0.3 is 12.1 Å². The van der Waals surface area contributed by atoms with Crippen LogP contribution in [-0.2, 0) is 0 Å². The fourth-order valence-electron chi connectivity index (χ4n) is 1.22. The third-order valence-corrected chi connectivity index (χ3v) is 2.10. The van der Waals surface area contributed by atoms with Gasteiger partial charge < -0.3 is 16.7 Å². The second-order valence-electron chi connectivity index (χ2n) is 3.30. The van der Waals surface area contributed by atoms with Gasteiger partial charge in [-0.3, -0.25) is 0 Å². The molecule has 0 spiro atoms. The van der Waals surface area contributed by atoms with Gasteiger partial charge in [-0.15, -0.1) is 19.8 Å². The Morgan fingerprint density at radius 3 is 1.57 bits per heavy atom. The summed E-state index contributed by atoms with van der Waals surface area (Å²) in [6.45, 7) is 0. The summed E-state index contributed by atoms with van der Waals surface area (Å²) in [4.78, 5) is 46.4. The minimum Gasteiger partial charge on any atom is -0.740 e. The van der Waals surface area contributed by atoms with Crippen molar-refractivity contribution < 1.29 is 14.3 Å². The molecule has 1 rings (SSSR count). The summed E-state index contributed by atoms with van der Waals surface area (Å²) in [5, 5.41) is 16.7. The topological polar surface area (TPSA) is 243 Å². The van der Waals surface area contributed by atoms with E-state index in [0.29, 0.717) is 0 Å². The number of nitrogens with zero attached hydrogens (tertiary/aromatic N) is 6. The lowest BCUT2D eigenvalue weighted by Gasteiger charge is -2.21. The van der Waals surface area contributed by atoms with Crippen LogP contribution >= 0.6 is 0 Å². The molecule has 0 aliphatic rings. The fourth-order valence-corrected chi connectivity index (χ4v) is 1.22. The van der Waals surface area contributed by atoms with Crippen molar-refractivity contribution in [3.05, 3.63) is 15.0 Å². The molecule has 0 unspecified atom stereocenters. The van der Waals surface area contributed by atoms with E-state index < -0.39 is 35.3 Å². The van der Waals surface area contributed by atoms with Crippen molar-refractivity contribution in [1.82, 2.24) is 4.98 Å². The van der Waals surface area contributed by atoms with E-state index in [0.717, 1.165) is 0 Å². The molecule has 15 nitrogen and oxygen atoms in total. The molecule has 0 fully saturated rings. The van der Waals surface area contributed by atoms with Crippen LogP contribution in [0.25, 0.3) is 0 Å². The highest BCUT2D eigenvalue weighted by atomic mass is 16.5. The monoisotopic (exact) mass is 300 g/mol. The van der Waals surface area contributed by atoms with E-state index in [2.05, 4.69) is 15.3 Å². The lowest BCUT2D eigenvalue weighted by molar-refractivity contribution is -0.577. The average Bonchev–Trinajstić information content (AvgIpc) is 2.44. The van der Waals surface area contributed by atoms with E-state index in [9.17, 15) is 24.6 Å². The maximum absolute atomic E-state index is 12.0. The minimum absolute atomic E-state index is 0.00362. The third kappa shape index (κ3) is 2.62. The van der Waals surface area contributed by atoms with Gasteiger partial charge in [-0.05, 0) is 10.4 Å². The van der Waals surface area contributed by atoms with Crippen molar-refractivity contribution in [2.24, 2.45) is 33.5 Å². The number of anilines is 2. The van der Waals surface area contributed by atoms with Gasteiger partial charge in [0, 0.05) is 0 Å². The molecule has 1 aromatic heterocycles. The number of nitrogens with two attached hydrogens (primary N) is 4. The maximum Gasteiger partial charge on any atom is 0.394 e. The van der Waals surface area contributed by atoms with E-state index in [-0.39, 0.29) is 14.7 Å². The highest BCUT2D eigenvalue weighted by Gasteiger charge is 2.33. The number of hydrogen-bond donors (Lipinski definition) is 4. The van der Waals surface area contributed by atoms with Crippen LogP contribution < -0.4 is 37.9 Å². The lowest BCUT2D eigenvalue weighted by atomic mass is 10.5. The lowest BCUT2D eigenvalue weighted by Crippen LogP contribution is -2.53. The van der Waals surface area contributed by atoms with Gasteiger partial charge in [0.15, 0.2) is 0 Å². The molecule has 0 aliphatic heterocycles. The summed E-state index contributed by atoms with van der Waals surface area (Å²) in [6.07, 6.45) is 0. The first-order valence-corrected chi connectivity index (χ1v) is 4.79. The first-order valence-electron chi connectivity index (χ1n) is 4.79. The minimum atomic E-state index is -1.37. The molecular weight excluding hydrogens is 292 g/mol. The highest BCUT2D eigenvalue weighted by molar-refractivity contribution is 5.92. The fraction of sp³-hybridized carbons (Fsp3) is 0. The molecule has 1 aromatic rings. The average molecular weight is 300 g/mol. The molecule has 1 heterocycles. The zero-order valence-corrected chi connectivity index (χ0v) is 10.0. The maximum atomic E-state index is 12.0. The van der Waals surface area contributed by atoms with Crippen LogP contribution in [0, 0.1) is 15.0 Å². The zero-order chi connectivity index (χ0) is 16.3. The molecule has 21 heavy (non-hydrogen) atoms. The summed E-state index contributed by atoms with van der Waals surface area (Å²) in [6, 6.07) is -2.74. The van der Waals surface area contributed by atoms with Gasteiger partial charge in [-0.25, -0.2) is 14.3 Å². The largest absolute Gasteiger partial charge is 0.740 e. The van der Waals surface area contributed by atoms with Gasteiger partial charge in [-0.1, -0.05) is 0 Å². The molecule has 15 heteroatoms. The molecule has 0 saturated carbocycles. The van der Waals surface area contributed by atoms with Crippen LogP contribution in [0.1, 0.15) is 0 Å². The van der Waals surface area contributed by atoms with Crippen LogP contribution in [0.15, 0.2) is 10.4 Å². The number of rotatable bonds is 4. The predicted octanol–water partition coefficient (Wildman–Crippen LogP) is -1.97. The smallest absolute Gasteiger partial charge is 0.394 e. The molecule has 0 bridgehead atoms. The number of carbonyl (C=O) groups excluding carboxylic acids is 2. The van der Waals surface area contributed by atoms with Gasteiger partial charge in [0.1, 0.15) is 0 Å². The van der Waals surface area contributed by atoms with E-state index in [4.69, 9.17) is 23.2 Å². The Bertz CT molecular complexity index is 581. The normalized spacial score (nSPS) is 9.81.